The van der Waals surface area contributed by atoms with Crippen LogP contribution in [0.5, 0.6) is 0 Å². The van der Waals surface area contributed by atoms with E-state index in [-0.39, 0.29) is 0 Å². The fourth-order valence-corrected chi connectivity index (χ4v) is 22.1. The Balaban J connectivity index is 4.31. The lowest BCUT2D eigenvalue weighted by Gasteiger charge is -2.40. The standard InChI is InChI=1S/C18H46O3Si4/c1-11-12-13-14-15-16-17-18-23(5,6)20-25(9,10)21-24(7,8)19-22(2,3)4/h11-18H2,1-10H3. The zero-order valence-electron chi connectivity index (χ0n) is 18.9. The summed E-state index contributed by atoms with van der Waals surface area (Å²) in [4.78, 5) is 0. The van der Waals surface area contributed by atoms with Gasteiger partial charge in [0, 0.05) is 0 Å². The SMILES string of the molecule is CCCCCCCCC[Si](C)(C)O[Si](C)(C)O[Si](C)(C)O[Si](C)(C)C. The van der Waals surface area contributed by atoms with Crippen LogP contribution in [-0.4, -0.2) is 33.8 Å². The average Bonchev–Trinajstić information content (AvgIpc) is 2.31. The molecule has 0 saturated heterocycles. The lowest BCUT2D eigenvalue weighted by atomic mass is 10.1. The zero-order valence-corrected chi connectivity index (χ0v) is 22.9. The van der Waals surface area contributed by atoms with Gasteiger partial charge in [-0.15, -0.1) is 0 Å². The summed E-state index contributed by atoms with van der Waals surface area (Å²) in [6, 6.07) is 1.25. The minimum absolute atomic E-state index is 1.25. The van der Waals surface area contributed by atoms with Gasteiger partial charge in [0.25, 0.3) is 0 Å². The summed E-state index contributed by atoms with van der Waals surface area (Å²) in [6.45, 7) is 22.5. The van der Waals surface area contributed by atoms with Gasteiger partial charge < -0.3 is 12.3 Å². The van der Waals surface area contributed by atoms with Crippen molar-refractivity contribution in [2.75, 3.05) is 0 Å². The maximum Gasteiger partial charge on any atom is 0.312 e. The Morgan fingerprint density at radius 1 is 0.520 bits per heavy atom. The molecule has 0 aliphatic heterocycles. The van der Waals surface area contributed by atoms with E-state index in [1.165, 1.54) is 51.0 Å². The Hall–Kier alpha value is 0.748. The van der Waals surface area contributed by atoms with Crippen LogP contribution in [0.15, 0.2) is 0 Å². The highest BCUT2D eigenvalue weighted by molar-refractivity contribution is 6.89. The Kier molecular flexibility index (Phi) is 11.2. The van der Waals surface area contributed by atoms with Crippen molar-refractivity contribution >= 4 is 33.8 Å². The van der Waals surface area contributed by atoms with Gasteiger partial charge in [0.05, 0.1) is 0 Å². The Bertz CT molecular complexity index is 366. The Morgan fingerprint density at radius 2 is 0.960 bits per heavy atom. The first-order valence-corrected chi connectivity index (χ1v) is 22.4. The van der Waals surface area contributed by atoms with Gasteiger partial charge in [-0.1, -0.05) is 51.9 Å². The van der Waals surface area contributed by atoms with E-state index in [1.54, 1.807) is 0 Å². The van der Waals surface area contributed by atoms with E-state index in [1.807, 2.05) is 0 Å². The molecule has 0 unspecified atom stereocenters. The third kappa shape index (κ3) is 15.5. The Labute approximate surface area is 163 Å². The van der Waals surface area contributed by atoms with Crippen molar-refractivity contribution in [3.05, 3.63) is 0 Å². The second kappa shape index (κ2) is 10.9. The highest BCUT2D eigenvalue weighted by Gasteiger charge is 2.42. The third-order valence-corrected chi connectivity index (χ3v) is 18.0. The van der Waals surface area contributed by atoms with Crippen LogP contribution in [0, 0.1) is 0 Å². The highest BCUT2D eigenvalue weighted by atomic mass is 28.5. The summed E-state index contributed by atoms with van der Waals surface area (Å²) in [5, 5.41) is 0. The first-order chi connectivity index (χ1) is 11.2. The van der Waals surface area contributed by atoms with Crippen molar-refractivity contribution in [2.45, 2.75) is 117 Å². The van der Waals surface area contributed by atoms with Crippen LogP contribution in [-0.2, 0) is 12.3 Å². The summed E-state index contributed by atoms with van der Waals surface area (Å²) in [6.07, 6.45) is 9.56. The summed E-state index contributed by atoms with van der Waals surface area (Å²) in [7, 11) is -7.48. The number of unbranched alkanes of at least 4 members (excludes halogenated alkanes) is 6. The average molecular weight is 423 g/mol. The van der Waals surface area contributed by atoms with Crippen LogP contribution in [0.1, 0.15) is 51.9 Å². The van der Waals surface area contributed by atoms with Crippen LogP contribution < -0.4 is 0 Å². The molecule has 0 heterocycles. The van der Waals surface area contributed by atoms with Gasteiger partial charge in [0.15, 0.2) is 16.6 Å². The van der Waals surface area contributed by atoms with Crippen LogP contribution in [0.4, 0.5) is 0 Å². The molecule has 0 aromatic heterocycles. The number of rotatable bonds is 14. The molecule has 0 radical (unpaired) electrons. The number of hydrogen-bond acceptors (Lipinski definition) is 3. The van der Waals surface area contributed by atoms with Crippen molar-refractivity contribution in [1.29, 1.82) is 0 Å². The molecule has 25 heavy (non-hydrogen) atoms. The largest absolute Gasteiger partial charge is 0.437 e. The van der Waals surface area contributed by atoms with Crippen LogP contribution >= 0.6 is 0 Å². The topological polar surface area (TPSA) is 27.7 Å². The van der Waals surface area contributed by atoms with Gasteiger partial charge in [-0.25, -0.2) is 0 Å². The van der Waals surface area contributed by atoms with Crippen molar-refractivity contribution < 1.29 is 12.3 Å². The van der Waals surface area contributed by atoms with E-state index < -0.39 is 33.8 Å². The monoisotopic (exact) mass is 422 g/mol. The summed E-state index contributed by atoms with van der Waals surface area (Å²) in [5.74, 6) is 0. The van der Waals surface area contributed by atoms with Gasteiger partial charge in [0.1, 0.15) is 0 Å². The lowest BCUT2D eigenvalue weighted by Crippen LogP contribution is -2.55. The summed E-state index contributed by atoms with van der Waals surface area (Å²) < 4.78 is 19.5. The molecule has 7 heteroatoms. The third-order valence-electron chi connectivity index (χ3n) is 3.95. The molecule has 0 aliphatic carbocycles. The van der Waals surface area contributed by atoms with Crippen molar-refractivity contribution in [3.8, 4) is 0 Å². The van der Waals surface area contributed by atoms with Gasteiger partial charge in [0.2, 0.25) is 0 Å². The van der Waals surface area contributed by atoms with Crippen LogP contribution in [0.2, 0.25) is 65.0 Å². The minimum Gasteiger partial charge on any atom is -0.437 e. The van der Waals surface area contributed by atoms with Crippen molar-refractivity contribution in [1.82, 2.24) is 0 Å². The van der Waals surface area contributed by atoms with E-state index in [2.05, 4.69) is 65.8 Å². The minimum atomic E-state index is -2.14. The maximum absolute atomic E-state index is 6.65. The molecule has 0 spiro atoms. The predicted molar refractivity (Wildman–Crippen MR) is 122 cm³/mol. The molecular formula is C18H46O3Si4. The van der Waals surface area contributed by atoms with E-state index in [0.29, 0.717) is 0 Å². The quantitative estimate of drug-likeness (QED) is 0.218. The second-order valence-corrected chi connectivity index (χ2v) is 26.1. The first kappa shape index (κ1) is 25.7. The molecular weight excluding hydrogens is 377 g/mol. The summed E-state index contributed by atoms with van der Waals surface area (Å²) in [5.41, 5.74) is 0. The first-order valence-electron chi connectivity index (χ1n) is 10.3. The fraction of sp³-hybridized carbons (Fsp3) is 1.00. The normalized spacial score (nSPS) is 14.2. The summed E-state index contributed by atoms with van der Waals surface area (Å²) >= 11 is 0. The fourth-order valence-electron chi connectivity index (χ4n) is 3.60. The van der Waals surface area contributed by atoms with Gasteiger partial charge in [-0.3, -0.25) is 0 Å². The molecule has 0 N–H and O–H groups in total. The van der Waals surface area contributed by atoms with Crippen LogP contribution in [0.25, 0.3) is 0 Å². The van der Waals surface area contributed by atoms with Crippen molar-refractivity contribution in [3.63, 3.8) is 0 Å². The molecule has 0 rings (SSSR count). The molecule has 0 saturated carbocycles. The van der Waals surface area contributed by atoms with Crippen LogP contribution in [0.3, 0.4) is 0 Å². The molecule has 152 valence electrons. The predicted octanol–water partition coefficient (Wildman–Crippen LogP) is 7.23. The number of hydrogen-bond donors (Lipinski definition) is 0. The molecule has 0 aliphatic rings. The van der Waals surface area contributed by atoms with Gasteiger partial charge >= 0.3 is 17.1 Å². The maximum atomic E-state index is 6.65. The van der Waals surface area contributed by atoms with Gasteiger partial charge in [-0.05, 0) is 65.0 Å². The Morgan fingerprint density at radius 3 is 1.44 bits per heavy atom. The van der Waals surface area contributed by atoms with E-state index >= 15 is 0 Å². The van der Waals surface area contributed by atoms with E-state index in [4.69, 9.17) is 12.3 Å². The smallest absolute Gasteiger partial charge is 0.312 e. The van der Waals surface area contributed by atoms with Gasteiger partial charge in [-0.2, -0.15) is 0 Å². The molecule has 0 atom stereocenters. The molecule has 0 aromatic rings. The zero-order chi connectivity index (χ0) is 19.8. The van der Waals surface area contributed by atoms with Crippen molar-refractivity contribution in [2.24, 2.45) is 0 Å². The lowest BCUT2D eigenvalue weighted by molar-refractivity contribution is 0.329. The molecule has 0 aromatic carbocycles. The highest BCUT2D eigenvalue weighted by Crippen LogP contribution is 2.26. The second-order valence-electron chi connectivity index (χ2n) is 9.85. The van der Waals surface area contributed by atoms with E-state index in [0.717, 1.165) is 0 Å². The molecule has 0 fully saturated rings. The molecule has 3 nitrogen and oxygen atoms in total. The molecule has 0 amide bonds. The van der Waals surface area contributed by atoms with E-state index in [9.17, 15) is 0 Å². The molecule has 0 bridgehead atoms.